The second-order valence-corrected chi connectivity index (χ2v) is 10.1. The molecule has 0 rings (SSSR count). The highest BCUT2D eigenvalue weighted by Crippen LogP contribution is 2.56. The zero-order chi connectivity index (χ0) is 8.74. The van der Waals surface area contributed by atoms with Crippen molar-refractivity contribution >= 4 is 28.7 Å². The van der Waals surface area contributed by atoms with Crippen molar-refractivity contribution < 1.29 is 4.52 Å². The molecule has 0 spiro atoms. The van der Waals surface area contributed by atoms with Crippen LogP contribution in [0.2, 0.25) is 0 Å². The Hall–Kier alpha value is 0.700. The van der Waals surface area contributed by atoms with Crippen molar-refractivity contribution in [3.05, 3.63) is 12.2 Å². The third kappa shape index (κ3) is 7.07. The Bertz CT molecular complexity index is 168. The van der Waals surface area contributed by atoms with E-state index in [-0.39, 0.29) is 0 Å². The summed E-state index contributed by atoms with van der Waals surface area (Å²) in [4.78, 5) is 0. The van der Waals surface area contributed by atoms with Gasteiger partial charge in [-0.05, 0) is 20.5 Å². The predicted octanol–water partition coefficient (Wildman–Crippen LogP) is 3.27. The topological polar surface area (TPSA) is 9.23 Å². The van der Waals surface area contributed by atoms with E-state index in [1.807, 2.05) is 26.6 Å². The van der Waals surface area contributed by atoms with Gasteiger partial charge in [0.25, 0.3) is 0 Å². The van der Waals surface area contributed by atoms with E-state index >= 15 is 0 Å². The molecule has 1 unspecified atom stereocenters. The molecule has 0 aromatic rings. The molecule has 0 fully saturated rings. The van der Waals surface area contributed by atoms with Crippen LogP contribution in [-0.4, -0.2) is 19.0 Å². The van der Waals surface area contributed by atoms with Crippen LogP contribution in [0.3, 0.4) is 0 Å². The molecule has 4 heteroatoms. The highest BCUT2D eigenvalue weighted by Gasteiger charge is 2.07. The summed E-state index contributed by atoms with van der Waals surface area (Å²) in [7, 11) is 0. The lowest BCUT2D eigenvalue weighted by Crippen LogP contribution is -1.83. The van der Waals surface area contributed by atoms with Gasteiger partial charge in [-0.15, -0.1) is 0 Å². The molecule has 0 N–H and O–H groups in total. The fourth-order valence-electron chi connectivity index (χ4n) is 0.546. The number of hydrogen-bond donors (Lipinski definition) is 0. The van der Waals surface area contributed by atoms with E-state index in [1.165, 1.54) is 0 Å². The molecule has 11 heavy (non-hydrogen) atoms. The van der Waals surface area contributed by atoms with Crippen molar-refractivity contribution in [2.24, 2.45) is 0 Å². The molecule has 0 radical (unpaired) electrons. The Labute approximate surface area is 78.4 Å². The molecular formula is C7H15OPS2. The van der Waals surface area contributed by atoms with Crippen molar-refractivity contribution in [1.82, 2.24) is 0 Å². The minimum atomic E-state index is -1.52. The van der Waals surface area contributed by atoms with Crippen molar-refractivity contribution in [3.63, 3.8) is 0 Å². The summed E-state index contributed by atoms with van der Waals surface area (Å²) in [5, 5.41) is 0. The smallest absolute Gasteiger partial charge is 0.117 e. The molecule has 0 bridgehead atoms. The third-order valence-electron chi connectivity index (χ3n) is 1.00. The van der Waals surface area contributed by atoms with E-state index in [4.69, 9.17) is 16.3 Å². The van der Waals surface area contributed by atoms with Gasteiger partial charge < -0.3 is 4.52 Å². The summed E-state index contributed by atoms with van der Waals surface area (Å²) in [5.74, 6) is 0.976. The van der Waals surface area contributed by atoms with Gasteiger partial charge in [-0.2, -0.15) is 0 Å². The third-order valence-corrected chi connectivity index (χ3v) is 5.98. The molecule has 0 saturated carbocycles. The Kier molecular flexibility index (Phi) is 6.64. The number of hydrogen-bond acceptors (Lipinski definition) is 3. The van der Waals surface area contributed by atoms with Crippen LogP contribution in [0.25, 0.3) is 0 Å². The van der Waals surface area contributed by atoms with Crippen LogP contribution in [0, 0.1) is 0 Å². The first-order valence-electron chi connectivity index (χ1n) is 3.60. The van der Waals surface area contributed by atoms with Crippen LogP contribution < -0.4 is 0 Å². The molecule has 1 nitrogen and oxygen atoms in total. The van der Waals surface area contributed by atoms with E-state index in [2.05, 4.69) is 6.08 Å². The monoisotopic (exact) mass is 210 g/mol. The fraction of sp³-hybridized carbons (Fsp3) is 0.714. The summed E-state index contributed by atoms with van der Waals surface area (Å²) in [6.07, 6.45) is 4.14. The van der Waals surface area contributed by atoms with E-state index < -0.39 is 5.47 Å². The van der Waals surface area contributed by atoms with Crippen LogP contribution in [-0.2, 0) is 16.3 Å². The van der Waals surface area contributed by atoms with Crippen LogP contribution in [0.4, 0.5) is 0 Å². The van der Waals surface area contributed by atoms with E-state index in [1.54, 1.807) is 11.4 Å². The summed E-state index contributed by atoms with van der Waals surface area (Å²) in [6, 6.07) is 0. The molecule has 0 heterocycles. The van der Waals surface area contributed by atoms with Crippen LogP contribution >= 0.6 is 16.8 Å². The normalized spacial score (nSPS) is 17.0. The highest BCUT2D eigenvalue weighted by atomic mass is 32.9. The minimum Gasteiger partial charge on any atom is -0.342 e. The van der Waals surface area contributed by atoms with E-state index in [0.717, 1.165) is 12.4 Å². The van der Waals surface area contributed by atoms with E-state index in [9.17, 15) is 0 Å². The standard InChI is InChI=1S/C7H15OPS2/c1-4-6-7-11-9(3,10)8-5-2/h4,6H,5,7H2,1-3H3/b6-4+. The zero-order valence-electron chi connectivity index (χ0n) is 7.24. The summed E-state index contributed by atoms with van der Waals surface area (Å²) >= 11 is 7.02. The van der Waals surface area contributed by atoms with Gasteiger partial charge in [-0.25, -0.2) is 0 Å². The van der Waals surface area contributed by atoms with Crippen molar-refractivity contribution in [2.45, 2.75) is 13.8 Å². The maximum absolute atomic E-state index is 5.43. The molecule has 0 aromatic heterocycles. The first kappa shape index (κ1) is 11.7. The zero-order valence-corrected chi connectivity index (χ0v) is 9.77. The Balaban J connectivity index is 3.64. The molecule has 0 saturated heterocycles. The molecule has 0 aromatic carbocycles. The Morgan fingerprint density at radius 3 is 2.73 bits per heavy atom. The van der Waals surface area contributed by atoms with Crippen LogP contribution in [0.5, 0.6) is 0 Å². The van der Waals surface area contributed by atoms with Crippen LogP contribution in [0.1, 0.15) is 13.8 Å². The highest BCUT2D eigenvalue weighted by molar-refractivity contribution is 8.69. The SMILES string of the molecule is C/C=C/CSP(C)(=S)OCC. The van der Waals surface area contributed by atoms with Gasteiger partial charge in [0.05, 0.1) is 0 Å². The molecular weight excluding hydrogens is 195 g/mol. The Morgan fingerprint density at radius 1 is 1.64 bits per heavy atom. The van der Waals surface area contributed by atoms with Crippen molar-refractivity contribution in [2.75, 3.05) is 19.0 Å². The van der Waals surface area contributed by atoms with Gasteiger partial charge in [-0.1, -0.05) is 35.3 Å². The van der Waals surface area contributed by atoms with Gasteiger partial charge in [0.2, 0.25) is 0 Å². The molecule has 1 atom stereocenters. The quantitative estimate of drug-likeness (QED) is 0.509. The lowest BCUT2D eigenvalue weighted by Gasteiger charge is -2.13. The maximum atomic E-state index is 5.43. The summed E-state index contributed by atoms with van der Waals surface area (Å²) in [5.41, 5.74) is -1.52. The summed E-state index contributed by atoms with van der Waals surface area (Å²) in [6.45, 7) is 6.76. The summed E-state index contributed by atoms with van der Waals surface area (Å²) < 4.78 is 5.43. The predicted molar refractivity (Wildman–Crippen MR) is 59.1 cm³/mol. The molecule has 0 aliphatic rings. The Morgan fingerprint density at radius 2 is 2.27 bits per heavy atom. The molecule has 0 amide bonds. The molecule has 66 valence electrons. The van der Waals surface area contributed by atoms with Crippen LogP contribution in [0.15, 0.2) is 12.2 Å². The number of rotatable bonds is 5. The first-order valence-corrected chi connectivity index (χ1v) is 8.36. The second kappa shape index (κ2) is 6.24. The van der Waals surface area contributed by atoms with E-state index in [0.29, 0.717) is 0 Å². The van der Waals surface area contributed by atoms with Gasteiger partial charge in [0.15, 0.2) is 0 Å². The molecule has 0 aliphatic carbocycles. The maximum Gasteiger partial charge on any atom is 0.117 e. The fourth-order valence-corrected chi connectivity index (χ4v) is 4.11. The second-order valence-electron chi connectivity index (χ2n) is 2.05. The lowest BCUT2D eigenvalue weighted by atomic mass is 10.6. The first-order chi connectivity index (χ1) is 5.12. The molecule has 0 aliphatic heterocycles. The van der Waals surface area contributed by atoms with Gasteiger partial charge in [-0.3, -0.25) is 0 Å². The lowest BCUT2D eigenvalue weighted by molar-refractivity contribution is 0.388. The average molecular weight is 210 g/mol. The van der Waals surface area contributed by atoms with Gasteiger partial charge >= 0.3 is 0 Å². The van der Waals surface area contributed by atoms with Gasteiger partial charge in [0, 0.05) is 12.4 Å². The van der Waals surface area contributed by atoms with Gasteiger partial charge in [0.1, 0.15) is 5.47 Å². The van der Waals surface area contributed by atoms with Crippen molar-refractivity contribution in [3.8, 4) is 0 Å². The number of allylic oxidation sites excluding steroid dienone is 1. The average Bonchev–Trinajstić information content (AvgIpc) is 1.87. The largest absolute Gasteiger partial charge is 0.342 e. The van der Waals surface area contributed by atoms with Crippen molar-refractivity contribution in [1.29, 1.82) is 0 Å². The minimum absolute atomic E-state index is 0.733.